The lowest BCUT2D eigenvalue weighted by molar-refractivity contribution is 0.0917. The Labute approximate surface area is 174 Å². The van der Waals surface area contributed by atoms with Gasteiger partial charge in [0.05, 0.1) is 5.69 Å². The number of alkyl halides is 1. The Bertz CT molecular complexity index is 1100. The zero-order valence-corrected chi connectivity index (χ0v) is 17.5. The molecule has 1 saturated carbocycles. The van der Waals surface area contributed by atoms with Gasteiger partial charge in [-0.25, -0.2) is 16.8 Å². The molecule has 4 rings (SSSR count). The number of fused-ring (bicyclic) bond motifs is 2. The highest BCUT2D eigenvalue weighted by molar-refractivity contribution is 7.90. The number of aromatic nitrogens is 1. The Morgan fingerprint density at radius 2 is 2.03 bits per heavy atom. The van der Waals surface area contributed by atoms with Crippen LogP contribution in [-0.4, -0.2) is 36.4 Å². The number of benzene rings is 1. The topological polar surface area (TPSA) is 97.3 Å². The molecule has 1 aliphatic heterocycles. The number of anilines is 1. The number of carbonyl (C=O) groups is 2. The predicted octanol–water partition coefficient (Wildman–Crippen LogP) is 3.33. The van der Waals surface area contributed by atoms with E-state index in [9.17, 15) is 22.4 Å². The average Bonchev–Trinajstić information content (AvgIpc) is 3.17. The minimum atomic E-state index is -3.94. The van der Waals surface area contributed by atoms with Crippen LogP contribution in [0.4, 0.5) is 10.1 Å². The fourth-order valence-electron chi connectivity index (χ4n) is 4.10. The SMILES string of the molecule is CC1(F)CCC(CCNC(=O)c2ccc3c(c2)NC(=O)c2cccn2S3(=O)=O)CC1. The van der Waals surface area contributed by atoms with Gasteiger partial charge in [0, 0.05) is 18.3 Å². The molecule has 2 aromatic rings. The van der Waals surface area contributed by atoms with Crippen molar-refractivity contribution in [2.24, 2.45) is 5.92 Å². The maximum Gasteiger partial charge on any atom is 0.273 e. The Morgan fingerprint density at radius 1 is 1.30 bits per heavy atom. The molecule has 2 amide bonds. The highest BCUT2D eigenvalue weighted by Crippen LogP contribution is 2.36. The molecule has 0 spiro atoms. The molecule has 1 aliphatic carbocycles. The van der Waals surface area contributed by atoms with E-state index in [1.54, 1.807) is 6.92 Å². The molecule has 0 bridgehead atoms. The van der Waals surface area contributed by atoms with Crippen LogP contribution in [0.5, 0.6) is 0 Å². The zero-order chi connectivity index (χ0) is 21.5. The van der Waals surface area contributed by atoms with Crippen LogP contribution in [0.1, 0.15) is 59.9 Å². The summed E-state index contributed by atoms with van der Waals surface area (Å²) in [5, 5.41) is 5.41. The van der Waals surface area contributed by atoms with Gasteiger partial charge < -0.3 is 10.6 Å². The number of nitrogens with one attached hydrogen (secondary N) is 2. The first-order chi connectivity index (χ1) is 14.2. The number of halogens is 1. The molecule has 30 heavy (non-hydrogen) atoms. The van der Waals surface area contributed by atoms with E-state index in [2.05, 4.69) is 10.6 Å². The van der Waals surface area contributed by atoms with E-state index in [0.717, 1.165) is 23.2 Å². The third-order valence-corrected chi connectivity index (χ3v) is 7.71. The molecule has 0 radical (unpaired) electrons. The summed E-state index contributed by atoms with van der Waals surface area (Å²) in [6, 6.07) is 7.05. The summed E-state index contributed by atoms with van der Waals surface area (Å²) in [5.74, 6) is -0.517. The van der Waals surface area contributed by atoms with E-state index < -0.39 is 21.6 Å². The molecule has 0 atom stereocenters. The number of nitrogens with zero attached hydrogens (tertiary/aromatic N) is 1. The van der Waals surface area contributed by atoms with Crippen molar-refractivity contribution in [1.82, 2.24) is 9.29 Å². The monoisotopic (exact) mass is 433 g/mol. The van der Waals surface area contributed by atoms with Gasteiger partial charge in [0.15, 0.2) is 0 Å². The molecular weight excluding hydrogens is 409 g/mol. The van der Waals surface area contributed by atoms with Crippen molar-refractivity contribution in [3.63, 3.8) is 0 Å². The molecule has 1 aromatic heterocycles. The van der Waals surface area contributed by atoms with Crippen LogP contribution in [0.15, 0.2) is 41.4 Å². The molecule has 0 unspecified atom stereocenters. The molecular formula is C21H24FN3O4S. The Balaban J connectivity index is 1.45. The summed E-state index contributed by atoms with van der Waals surface area (Å²) >= 11 is 0. The molecule has 1 fully saturated rings. The van der Waals surface area contributed by atoms with Crippen LogP contribution >= 0.6 is 0 Å². The van der Waals surface area contributed by atoms with Crippen LogP contribution in [-0.2, 0) is 10.0 Å². The Kier molecular flexibility index (Phi) is 5.17. The van der Waals surface area contributed by atoms with E-state index in [0.29, 0.717) is 25.3 Å². The minimum Gasteiger partial charge on any atom is -0.352 e. The first-order valence-electron chi connectivity index (χ1n) is 10.0. The molecule has 160 valence electrons. The third kappa shape index (κ3) is 3.86. The second-order valence-corrected chi connectivity index (χ2v) is 10.0. The summed E-state index contributed by atoms with van der Waals surface area (Å²) in [5.41, 5.74) is -0.733. The maximum absolute atomic E-state index is 13.9. The van der Waals surface area contributed by atoms with Gasteiger partial charge in [0.1, 0.15) is 16.3 Å². The molecule has 2 aliphatic rings. The van der Waals surface area contributed by atoms with Crippen molar-refractivity contribution in [3.8, 4) is 0 Å². The molecule has 2 N–H and O–H groups in total. The fourth-order valence-corrected chi connectivity index (χ4v) is 5.57. The Hall–Kier alpha value is -2.68. The van der Waals surface area contributed by atoms with Gasteiger partial charge in [-0.3, -0.25) is 9.59 Å². The normalized spacial score (nSPS) is 24.9. The van der Waals surface area contributed by atoms with Crippen LogP contribution < -0.4 is 10.6 Å². The quantitative estimate of drug-likeness (QED) is 0.773. The second kappa shape index (κ2) is 7.54. The largest absolute Gasteiger partial charge is 0.352 e. The van der Waals surface area contributed by atoms with Gasteiger partial charge >= 0.3 is 0 Å². The number of rotatable bonds is 4. The zero-order valence-electron chi connectivity index (χ0n) is 16.7. The van der Waals surface area contributed by atoms with Gasteiger partial charge in [0.25, 0.3) is 21.8 Å². The smallest absolute Gasteiger partial charge is 0.273 e. The Morgan fingerprint density at radius 3 is 2.77 bits per heavy atom. The lowest BCUT2D eigenvalue weighted by atomic mass is 9.80. The number of hydrogen-bond donors (Lipinski definition) is 2. The van der Waals surface area contributed by atoms with Crippen LogP contribution in [0.3, 0.4) is 0 Å². The van der Waals surface area contributed by atoms with Gasteiger partial charge in [-0.1, -0.05) is 0 Å². The molecule has 1 aromatic carbocycles. The van der Waals surface area contributed by atoms with E-state index in [4.69, 9.17) is 0 Å². The lowest BCUT2D eigenvalue weighted by Gasteiger charge is -2.31. The maximum atomic E-state index is 13.9. The third-order valence-electron chi connectivity index (χ3n) is 5.96. The summed E-state index contributed by atoms with van der Waals surface area (Å²) in [4.78, 5) is 24.8. The number of hydrogen-bond acceptors (Lipinski definition) is 4. The van der Waals surface area contributed by atoms with Crippen molar-refractivity contribution in [1.29, 1.82) is 0 Å². The first kappa shape index (κ1) is 20.6. The van der Waals surface area contributed by atoms with Crippen molar-refractivity contribution in [2.75, 3.05) is 11.9 Å². The molecule has 0 saturated heterocycles. The van der Waals surface area contributed by atoms with E-state index >= 15 is 0 Å². The summed E-state index contributed by atoms with van der Waals surface area (Å²) in [6.07, 6.45) is 4.81. The van der Waals surface area contributed by atoms with Crippen molar-refractivity contribution < 1.29 is 22.4 Å². The molecule has 7 nitrogen and oxygen atoms in total. The van der Waals surface area contributed by atoms with E-state index in [-0.39, 0.29) is 27.7 Å². The van der Waals surface area contributed by atoms with Crippen LogP contribution in [0, 0.1) is 5.92 Å². The van der Waals surface area contributed by atoms with E-state index in [1.165, 1.54) is 36.5 Å². The lowest BCUT2D eigenvalue weighted by Crippen LogP contribution is -2.30. The fraction of sp³-hybridized carbons (Fsp3) is 0.429. The molecule has 2 heterocycles. The summed E-state index contributed by atoms with van der Waals surface area (Å²) in [7, 11) is -3.94. The van der Waals surface area contributed by atoms with Crippen LogP contribution in [0.2, 0.25) is 0 Å². The van der Waals surface area contributed by atoms with Crippen molar-refractivity contribution in [3.05, 3.63) is 47.8 Å². The summed E-state index contributed by atoms with van der Waals surface area (Å²) in [6.45, 7) is 2.10. The van der Waals surface area contributed by atoms with Crippen molar-refractivity contribution >= 4 is 27.5 Å². The van der Waals surface area contributed by atoms with Gasteiger partial charge in [0.2, 0.25) is 0 Å². The standard InChI is InChI=1S/C21H24FN3O4S/c1-21(22)9-6-14(7-10-21)8-11-23-19(26)15-4-5-18-16(13-15)24-20(27)17-3-2-12-25(17)30(18,28)29/h2-5,12-14H,6-11H2,1H3,(H,23,26)(H,24,27). The number of carbonyl (C=O) groups excluding carboxylic acids is 2. The summed E-state index contributed by atoms with van der Waals surface area (Å²) < 4.78 is 40.5. The van der Waals surface area contributed by atoms with Crippen LogP contribution in [0.25, 0.3) is 0 Å². The van der Waals surface area contributed by atoms with E-state index in [1.807, 2.05) is 0 Å². The van der Waals surface area contributed by atoms with Crippen molar-refractivity contribution in [2.45, 2.75) is 49.6 Å². The van der Waals surface area contributed by atoms with Gasteiger partial charge in [-0.2, -0.15) is 0 Å². The van der Waals surface area contributed by atoms with Gasteiger partial charge in [-0.15, -0.1) is 0 Å². The average molecular weight is 434 g/mol. The highest BCUT2D eigenvalue weighted by atomic mass is 32.2. The first-order valence-corrected chi connectivity index (χ1v) is 11.5. The second-order valence-electron chi connectivity index (χ2n) is 8.26. The predicted molar refractivity (Wildman–Crippen MR) is 110 cm³/mol. The van der Waals surface area contributed by atoms with Gasteiger partial charge in [-0.05, 0) is 75.3 Å². The molecule has 9 heteroatoms. The number of amides is 2. The minimum absolute atomic E-state index is 0.00839. The highest BCUT2D eigenvalue weighted by Gasteiger charge is 2.31.